The monoisotopic (exact) mass is 188 g/mol. The number of nitrogens with one attached hydrogen (secondary N) is 2. The maximum absolute atomic E-state index is 3.32. The molecule has 0 aliphatic heterocycles. The first-order chi connectivity index (χ1) is 6.65. The van der Waals surface area contributed by atoms with Gasteiger partial charge in [0.2, 0.25) is 0 Å². The second kappa shape index (κ2) is 3.14. The molecule has 0 spiro atoms. The fraction of sp³-hybridized carbons (Fsp3) is 0.333. The van der Waals surface area contributed by atoms with Gasteiger partial charge in [-0.25, -0.2) is 0 Å². The number of aromatic amines is 1. The molecule has 1 aromatic carbocycles. The van der Waals surface area contributed by atoms with Crippen LogP contribution in [0.5, 0.6) is 0 Å². The standard InChI is InChI=1S/C12H16N2/c1-12(2,13-3)10-8-14-11-7-5-4-6-9(10)11/h4-8,13-14H,1-3H3. The third-order valence-electron chi connectivity index (χ3n) is 2.89. The SMILES string of the molecule is CNC(C)(C)c1c[nH]c2ccccc12. The van der Waals surface area contributed by atoms with Crippen LogP contribution in [0.15, 0.2) is 30.5 Å². The molecule has 0 amide bonds. The lowest BCUT2D eigenvalue weighted by Crippen LogP contribution is -2.32. The Bertz CT molecular complexity index is 440. The maximum atomic E-state index is 3.32. The van der Waals surface area contributed by atoms with E-state index in [1.54, 1.807) is 0 Å². The summed E-state index contributed by atoms with van der Waals surface area (Å²) in [5, 5.41) is 4.61. The molecule has 0 fully saturated rings. The summed E-state index contributed by atoms with van der Waals surface area (Å²) in [5.74, 6) is 0. The smallest absolute Gasteiger partial charge is 0.0457 e. The predicted octanol–water partition coefficient (Wildman–Crippen LogP) is 2.62. The maximum Gasteiger partial charge on any atom is 0.0457 e. The second-order valence-corrected chi connectivity index (χ2v) is 4.12. The highest BCUT2D eigenvalue weighted by Crippen LogP contribution is 2.27. The van der Waals surface area contributed by atoms with E-state index in [4.69, 9.17) is 0 Å². The molecule has 2 heteroatoms. The largest absolute Gasteiger partial charge is 0.361 e. The van der Waals surface area contributed by atoms with E-state index in [-0.39, 0.29) is 5.54 Å². The van der Waals surface area contributed by atoms with Crippen LogP contribution in [0, 0.1) is 0 Å². The number of hydrogen-bond donors (Lipinski definition) is 2. The molecule has 0 aliphatic carbocycles. The van der Waals surface area contributed by atoms with Crippen LogP contribution < -0.4 is 5.32 Å². The highest BCUT2D eigenvalue weighted by Gasteiger charge is 2.20. The number of rotatable bonds is 2. The summed E-state index contributed by atoms with van der Waals surface area (Å²) in [6, 6.07) is 8.38. The molecule has 0 radical (unpaired) electrons. The molecule has 0 aliphatic rings. The Morgan fingerprint density at radius 1 is 1.21 bits per heavy atom. The van der Waals surface area contributed by atoms with Gasteiger partial charge in [-0.05, 0) is 32.5 Å². The Balaban J connectivity index is 2.64. The summed E-state index contributed by atoms with van der Waals surface area (Å²) >= 11 is 0. The Morgan fingerprint density at radius 2 is 1.93 bits per heavy atom. The van der Waals surface area contributed by atoms with Crippen molar-refractivity contribution in [3.8, 4) is 0 Å². The molecule has 2 rings (SSSR count). The van der Waals surface area contributed by atoms with E-state index >= 15 is 0 Å². The van der Waals surface area contributed by atoms with E-state index in [9.17, 15) is 0 Å². The molecular formula is C12H16N2. The third-order valence-corrected chi connectivity index (χ3v) is 2.89. The minimum atomic E-state index is 0.0135. The van der Waals surface area contributed by atoms with Gasteiger partial charge in [0.15, 0.2) is 0 Å². The summed E-state index contributed by atoms with van der Waals surface area (Å²) in [4.78, 5) is 3.29. The Labute approximate surface area is 84.3 Å². The summed E-state index contributed by atoms with van der Waals surface area (Å²) in [7, 11) is 1.99. The molecule has 2 nitrogen and oxygen atoms in total. The molecule has 2 aromatic rings. The van der Waals surface area contributed by atoms with Crippen LogP contribution in [0.3, 0.4) is 0 Å². The topological polar surface area (TPSA) is 27.8 Å². The van der Waals surface area contributed by atoms with Gasteiger partial charge >= 0.3 is 0 Å². The van der Waals surface area contributed by atoms with Crippen LogP contribution in [-0.2, 0) is 5.54 Å². The highest BCUT2D eigenvalue weighted by molar-refractivity contribution is 5.84. The van der Waals surface area contributed by atoms with Crippen LogP contribution in [0.25, 0.3) is 10.9 Å². The van der Waals surface area contributed by atoms with E-state index < -0.39 is 0 Å². The van der Waals surface area contributed by atoms with Gasteiger partial charge in [-0.2, -0.15) is 0 Å². The van der Waals surface area contributed by atoms with Crippen LogP contribution in [0.2, 0.25) is 0 Å². The van der Waals surface area contributed by atoms with Gasteiger partial charge in [-0.1, -0.05) is 18.2 Å². The van der Waals surface area contributed by atoms with Crippen molar-refractivity contribution < 1.29 is 0 Å². The minimum Gasteiger partial charge on any atom is -0.361 e. The highest BCUT2D eigenvalue weighted by atomic mass is 14.9. The molecule has 0 saturated heterocycles. The molecule has 14 heavy (non-hydrogen) atoms. The number of fused-ring (bicyclic) bond motifs is 1. The van der Waals surface area contributed by atoms with Gasteiger partial charge < -0.3 is 10.3 Å². The van der Waals surface area contributed by atoms with Gasteiger partial charge in [0.05, 0.1) is 0 Å². The number of benzene rings is 1. The van der Waals surface area contributed by atoms with Crippen molar-refractivity contribution in [2.45, 2.75) is 19.4 Å². The van der Waals surface area contributed by atoms with Crippen LogP contribution in [-0.4, -0.2) is 12.0 Å². The molecule has 1 aromatic heterocycles. The van der Waals surface area contributed by atoms with Gasteiger partial charge in [-0.15, -0.1) is 0 Å². The lowest BCUT2D eigenvalue weighted by Gasteiger charge is -2.23. The van der Waals surface area contributed by atoms with Crippen molar-refractivity contribution in [1.29, 1.82) is 0 Å². The molecule has 74 valence electrons. The zero-order valence-corrected chi connectivity index (χ0v) is 8.89. The lowest BCUT2D eigenvalue weighted by atomic mass is 9.94. The van der Waals surface area contributed by atoms with E-state index in [2.05, 4.69) is 54.6 Å². The van der Waals surface area contributed by atoms with Crippen molar-refractivity contribution in [2.24, 2.45) is 0 Å². The summed E-state index contributed by atoms with van der Waals surface area (Å²) in [6.07, 6.45) is 2.08. The number of H-pyrrole nitrogens is 1. The van der Waals surface area contributed by atoms with E-state index in [0.717, 1.165) is 0 Å². The van der Waals surface area contributed by atoms with Crippen molar-refractivity contribution >= 4 is 10.9 Å². The van der Waals surface area contributed by atoms with Crippen molar-refractivity contribution in [3.63, 3.8) is 0 Å². The molecule has 0 bridgehead atoms. The number of aromatic nitrogens is 1. The average Bonchev–Trinajstić information content (AvgIpc) is 2.61. The molecule has 1 heterocycles. The van der Waals surface area contributed by atoms with Crippen molar-refractivity contribution in [1.82, 2.24) is 10.3 Å². The fourth-order valence-electron chi connectivity index (χ4n) is 1.72. The summed E-state index contributed by atoms with van der Waals surface area (Å²) in [5.41, 5.74) is 2.53. The van der Waals surface area contributed by atoms with Gasteiger partial charge in [0.1, 0.15) is 0 Å². The molecular weight excluding hydrogens is 172 g/mol. The number of para-hydroxylation sites is 1. The lowest BCUT2D eigenvalue weighted by molar-refractivity contribution is 0.448. The average molecular weight is 188 g/mol. The van der Waals surface area contributed by atoms with Crippen molar-refractivity contribution in [2.75, 3.05) is 7.05 Å². The fourth-order valence-corrected chi connectivity index (χ4v) is 1.72. The second-order valence-electron chi connectivity index (χ2n) is 4.12. The predicted molar refractivity (Wildman–Crippen MR) is 60.4 cm³/mol. The van der Waals surface area contributed by atoms with E-state index in [1.165, 1.54) is 16.5 Å². The van der Waals surface area contributed by atoms with Gasteiger partial charge in [0.25, 0.3) is 0 Å². The van der Waals surface area contributed by atoms with Crippen LogP contribution in [0.4, 0.5) is 0 Å². The summed E-state index contributed by atoms with van der Waals surface area (Å²) in [6.45, 7) is 4.37. The molecule has 0 unspecified atom stereocenters. The normalized spacial score (nSPS) is 12.2. The van der Waals surface area contributed by atoms with Gasteiger partial charge in [-0.3, -0.25) is 0 Å². The summed E-state index contributed by atoms with van der Waals surface area (Å²) < 4.78 is 0. The first-order valence-electron chi connectivity index (χ1n) is 4.90. The zero-order valence-electron chi connectivity index (χ0n) is 8.89. The first-order valence-corrected chi connectivity index (χ1v) is 4.90. The third kappa shape index (κ3) is 1.32. The van der Waals surface area contributed by atoms with Crippen LogP contribution >= 0.6 is 0 Å². The first kappa shape index (κ1) is 9.28. The molecule has 2 N–H and O–H groups in total. The number of hydrogen-bond acceptors (Lipinski definition) is 1. The zero-order chi connectivity index (χ0) is 10.2. The minimum absolute atomic E-state index is 0.0135. The molecule has 0 saturated carbocycles. The Kier molecular flexibility index (Phi) is 2.08. The van der Waals surface area contributed by atoms with E-state index in [1.807, 2.05) is 7.05 Å². The van der Waals surface area contributed by atoms with Gasteiger partial charge in [0, 0.05) is 22.6 Å². The Morgan fingerprint density at radius 3 is 2.64 bits per heavy atom. The van der Waals surface area contributed by atoms with Crippen LogP contribution in [0.1, 0.15) is 19.4 Å². The quantitative estimate of drug-likeness (QED) is 0.745. The van der Waals surface area contributed by atoms with Crippen molar-refractivity contribution in [3.05, 3.63) is 36.0 Å². The Hall–Kier alpha value is -1.28. The van der Waals surface area contributed by atoms with E-state index in [0.29, 0.717) is 0 Å². The molecule has 0 atom stereocenters.